The van der Waals surface area contributed by atoms with Crippen molar-refractivity contribution in [2.24, 2.45) is 0 Å². The topological polar surface area (TPSA) is 58.6 Å². The Labute approximate surface area is 156 Å². The fraction of sp³-hybridized carbons (Fsp3) is 0.438. The molecule has 1 aromatic carbocycles. The molecule has 5 nitrogen and oxygen atoms in total. The van der Waals surface area contributed by atoms with Crippen LogP contribution in [0.4, 0.5) is 5.69 Å². The number of halogens is 1. The second-order valence-electron chi connectivity index (χ2n) is 5.41. The largest absolute Gasteiger partial charge is 0.495 e. The molecule has 0 spiro atoms. The molecular weight excluding hydrogens is 368 g/mol. The highest BCUT2D eigenvalue weighted by Crippen LogP contribution is 2.31. The third-order valence-corrected chi connectivity index (χ3v) is 5.47. The summed E-state index contributed by atoms with van der Waals surface area (Å²) in [5.74, 6) is 0.911. The van der Waals surface area contributed by atoms with Gasteiger partial charge in [-0.05, 0) is 31.4 Å². The molecule has 130 valence electrons. The lowest BCUT2D eigenvalue weighted by molar-refractivity contribution is -0.124. The molecule has 1 aromatic rings. The summed E-state index contributed by atoms with van der Waals surface area (Å²) in [4.78, 5) is 25.3. The monoisotopic (exact) mass is 386 g/mol. The number of hydrogen-bond donors (Lipinski definition) is 1. The van der Waals surface area contributed by atoms with Crippen LogP contribution in [0.25, 0.3) is 0 Å². The van der Waals surface area contributed by atoms with Crippen molar-refractivity contribution in [2.75, 3.05) is 24.7 Å². The normalized spacial score (nSPS) is 14.2. The number of methoxy groups -OCH3 is 1. The second kappa shape index (κ2) is 8.69. The molecule has 0 aromatic heterocycles. The average Bonchev–Trinajstić information content (AvgIpc) is 2.86. The summed E-state index contributed by atoms with van der Waals surface area (Å²) >= 11 is 12.6. The number of thiocarbonyl (C=S) groups is 1. The van der Waals surface area contributed by atoms with Gasteiger partial charge in [0.25, 0.3) is 0 Å². The summed E-state index contributed by atoms with van der Waals surface area (Å²) in [6.07, 6.45) is 1.78. The van der Waals surface area contributed by atoms with Crippen LogP contribution in [-0.4, -0.2) is 40.4 Å². The maximum atomic E-state index is 12.1. The van der Waals surface area contributed by atoms with Crippen molar-refractivity contribution >= 4 is 57.4 Å². The Bertz CT molecular complexity index is 651. The Morgan fingerprint density at radius 1 is 1.46 bits per heavy atom. The molecule has 2 rings (SSSR count). The van der Waals surface area contributed by atoms with Crippen LogP contribution in [-0.2, 0) is 9.59 Å². The van der Waals surface area contributed by atoms with Gasteiger partial charge >= 0.3 is 0 Å². The summed E-state index contributed by atoms with van der Waals surface area (Å²) in [6, 6.07) is 3.47. The van der Waals surface area contributed by atoms with Crippen molar-refractivity contribution in [1.29, 1.82) is 0 Å². The average molecular weight is 387 g/mol. The number of unbranched alkanes of at least 4 members (excludes halogenated alkanes) is 1. The lowest BCUT2D eigenvalue weighted by atomic mass is 10.2. The predicted molar refractivity (Wildman–Crippen MR) is 102 cm³/mol. The molecule has 0 radical (unpaired) electrons. The number of thioether (sulfide) groups is 1. The fourth-order valence-electron chi connectivity index (χ4n) is 2.30. The van der Waals surface area contributed by atoms with E-state index in [1.165, 1.54) is 18.9 Å². The third-order valence-electron chi connectivity index (χ3n) is 3.63. The van der Waals surface area contributed by atoms with Crippen LogP contribution in [0.15, 0.2) is 12.1 Å². The van der Waals surface area contributed by atoms with E-state index in [-0.39, 0.29) is 11.8 Å². The number of amides is 2. The first-order valence-electron chi connectivity index (χ1n) is 7.53. The molecule has 1 aliphatic heterocycles. The molecule has 0 aliphatic carbocycles. The maximum Gasteiger partial charge on any atom is 0.238 e. The standard InChI is InChI=1S/C16H19ClN2O3S2/c1-10-7-12(13(22-2)8-11(10)17)18-14(20)5-3-4-6-19-15(21)9-24-16(19)23/h7-8H,3-6,9H2,1-2H3,(H,18,20). The molecular formula is C16H19ClN2O3S2. The van der Waals surface area contributed by atoms with Crippen molar-refractivity contribution in [2.45, 2.75) is 26.2 Å². The molecule has 1 N–H and O–H groups in total. The van der Waals surface area contributed by atoms with E-state index in [2.05, 4.69) is 5.32 Å². The number of nitrogens with zero attached hydrogens (tertiary/aromatic N) is 1. The van der Waals surface area contributed by atoms with Gasteiger partial charge in [-0.1, -0.05) is 35.6 Å². The van der Waals surface area contributed by atoms with Crippen molar-refractivity contribution in [3.8, 4) is 5.75 Å². The van der Waals surface area contributed by atoms with Crippen LogP contribution in [0.2, 0.25) is 5.02 Å². The summed E-state index contributed by atoms with van der Waals surface area (Å²) in [5, 5.41) is 3.43. The molecule has 24 heavy (non-hydrogen) atoms. The minimum atomic E-state index is -0.0975. The maximum absolute atomic E-state index is 12.1. The summed E-state index contributed by atoms with van der Waals surface area (Å²) < 4.78 is 5.87. The summed E-state index contributed by atoms with van der Waals surface area (Å²) in [7, 11) is 1.53. The lowest BCUT2D eigenvalue weighted by Crippen LogP contribution is -2.29. The van der Waals surface area contributed by atoms with E-state index in [4.69, 9.17) is 28.6 Å². The highest BCUT2D eigenvalue weighted by Gasteiger charge is 2.25. The molecule has 0 bridgehead atoms. The van der Waals surface area contributed by atoms with E-state index in [9.17, 15) is 9.59 Å². The predicted octanol–water partition coefficient (Wildman–Crippen LogP) is 3.63. The van der Waals surface area contributed by atoms with Gasteiger partial charge < -0.3 is 10.1 Å². The van der Waals surface area contributed by atoms with E-state index < -0.39 is 0 Å². The number of ether oxygens (including phenoxy) is 1. The first-order chi connectivity index (χ1) is 11.4. The molecule has 0 unspecified atom stereocenters. The van der Waals surface area contributed by atoms with Crippen LogP contribution in [0.1, 0.15) is 24.8 Å². The van der Waals surface area contributed by atoms with Gasteiger partial charge in [0.15, 0.2) is 0 Å². The summed E-state index contributed by atoms with van der Waals surface area (Å²) in [5.41, 5.74) is 1.48. The Hall–Kier alpha value is -1.31. The van der Waals surface area contributed by atoms with Crippen molar-refractivity contribution in [1.82, 2.24) is 4.90 Å². The number of hydrogen-bond acceptors (Lipinski definition) is 5. The van der Waals surface area contributed by atoms with Gasteiger partial charge in [-0.15, -0.1) is 0 Å². The Morgan fingerprint density at radius 3 is 2.83 bits per heavy atom. The van der Waals surface area contributed by atoms with Crippen molar-refractivity contribution in [3.63, 3.8) is 0 Å². The minimum absolute atomic E-state index is 0.0517. The van der Waals surface area contributed by atoms with Gasteiger partial charge in [0.2, 0.25) is 11.8 Å². The Morgan fingerprint density at radius 2 is 2.21 bits per heavy atom. The Kier molecular flexibility index (Phi) is 6.89. The van der Waals surface area contributed by atoms with E-state index in [1.54, 1.807) is 17.0 Å². The van der Waals surface area contributed by atoms with Crippen LogP contribution in [0.3, 0.4) is 0 Å². The smallest absolute Gasteiger partial charge is 0.238 e. The van der Waals surface area contributed by atoms with E-state index >= 15 is 0 Å². The Balaban J connectivity index is 1.80. The third kappa shape index (κ3) is 4.84. The van der Waals surface area contributed by atoms with Gasteiger partial charge in [-0.3, -0.25) is 14.5 Å². The number of carbonyl (C=O) groups is 2. The first kappa shape index (κ1) is 19.0. The van der Waals surface area contributed by atoms with E-state index in [0.29, 0.717) is 45.9 Å². The van der Waals surface area contributed by atoms with Gasteiger partial charge in [-0.2, -0.15) is 0 Å². The minimum Gasteiger partial charge on any atom is -0.495 e. The molecule has 2 amide bonds. The highest BCUT2D eigenvalue weighted by atomic mass is 35.5. The SMILES string of the molecule is COc1cc(Cl)c(C)cc1NC(=O)CCCCN1C(=O)CSC1=S. The molecule has 0 saturated carbocycles. The molecule has 1 fully saturated rings. The van der Waals surface area contributed by atoms with Crippen molar-refractivity contribution < 1.29 is 14.3 Å². The van der Waals surface area contributed by atoms with E-state index in [0.717, 1.165) is 12.0 Å². The number of anilines is 1. The zero-order valence-electron chi connectivity index (χ0n) is 13.6. The molecule has 1 saturated heterocycles. The first-order valence-corrected chi connectivity index (χ1v) is 9.30. The van der Waals surface area contributed by atoms with Crippen LogP contribution in [0, 0.1) is 6.92 Å². The molecule has 0 atom stereocenters. The van der Waals surface area contributed by atoms with Crippen LogP contribution in [0.5, 0.6) is 5.75 Å². The number of aryl methyl sites for hydroxylation is 1. The van der Waals surface area contributed by atoms with Crippen LogP contribution >= 0.6 is 35.6 Å². The number of rotatable bonds is 7. The molecule has 1 aliphatic rings. The van der Waals surface area contributed by atoms with Gasteiger partial charge in [0.05, 0.1) is 18.6 Å². The zero-order valence-corrected chi connectivity index (χ0v) is 15.9. The molecule has 1 heterocycles. The number of nitrogens with one attached hydrogen (secondary N) is 1. The summed E-state index contributed by atoms with van der Waals surface area (Å²) in [6.45, 7) is 2.44. The fourth-order valence-corrected chi connectivity index (χ4v) is 3.57. The van der Waals surface area contributed by atoms with Gasteiger partial charge in [0, 0.05) is 24.1 Å². The highest BCUT2D eigenvalue weighted by molar-refractivity contribution is 8.23. The van der Waals surface area contributed by atoms with Crippen LogP contribution < -0.4 is 10.1 Å². The quantitative estimate of drug-likeness (QED) is 0.572. The number of carbonyl (C=O) groups excluding carboxylic acids is 2. The lowest BCUT2D eigenvalue weighted by Gasteiger charge is -2.15. The van der Waals surface area contributed by atoms with Gasteiger partial charge in [-0.25, -0.2) is 0 Å². The van der Waals surface area contributed by atoms with Gasteiger partial charge in [0.1, 0.15) is 10.1 Å². The van der Waals surface area contributed by atoms with E-state index in [1.807, 2.05) is 6.92 Å². The zero-order chi connectivity index (χ0) is 17.7. The second-order valence-corrected chi connectivity index (χ2v) is 7.42. The molecule has 8 heteroatoms. The number of benzene rings is 1. The van der Waals surface area contributed by atoms with Crippen molar-refractivity contribution in [3.05, 3.63) is 22.7 Å².